The number of carbonyl (C=O) groups is 3. The number of carbonyl (C=O) groups excluding carboxylic acids is 3. The van der Waals surface area contributed by atoms with E-state index in [2.05, 4.69) is 5.32 Å². The molecule has 3 rings (SSSR count). The number of nitrogens with one attached hydrogen (secondary N) is 1. The first-order valence-electron chi connectivity index (χ1n) is 7.87. The summed E-state index contributed by atoms with van der Waals surface area (Å²) in [6, 6.07) is 14.7. The van der Waals surface area contributed by atoms with E-state index in [0.29, 0.717) is 11.1 Å². The molecule has 0 saturated carbocycles. The average molecular weight is 338 g/mol. The second-order valence-corrected chi connectivity index (χ2v) is 6.17. The number of amides is 2. The lowest BCUT2D eigenvalue weighted by atomic mass is 9.89. The number of benzene rings is 2. The smallest absolute Gasteiger partial charge is 0.339 e. The van der Waals surface area contributed by atoms with E-state index in [9.17, 15) is 14.4 Å². The lowest BCUT2D eigenvalue weighted by Crippen LogP contribution is -2.53. The predicted octanol–water partition coefficient (Wildman–Crippen LogP) is 1.50. The Hall–Kier alpha value is -3.15. The first kappa shape index (κ1) is 16.7. The topological polar surface area (TPSA) is 98.5 Å². The molecular formula is C19H18N2O4. The van der Waals surface area contributed by atoms with Crippen LogP contribution in [0, 0.1) is 0 Å². The summed E-state index contributed by atoms with van der Waals surface area (Å²) >= 11 is 0. The molecule has 1 heterocycles. The normalized spacial score (nSPS) is 20.1. The van der Waals surface area contributed by atoms with Crippen LogP contribution in [0.4, 0.5) is 0 Å². The van der Waals surface area contributed by atoms with E-state index in [1.807, 2.05) is 0 Å². The van der Waals surface area contributed by atoms with Crippen molar-refractivity contribution in [3.05, 3.63) is 71.3 Å². The summed E-state index contributed by atoms with van der Waals surface area (Å²) in [7, 11) is 0. The number of hydrogen-bond donors (Lipinski definition) is 2. The number of primary amides is 1. The number of ether oxygens (including phenoxy) is 1. The van der Waals surface area contributed by atoms with E-state index < -0.39 is 29.4 Å². The SMILES string of the molecule is CC1(C(=O)NC(C(N)=O)c2ccccc2)Cc2ccccc2C(=O)O1. The standard InChI is InChI=1S/C19H18N2O4/c1-19(11-13-9-5-6-10-14(13)17(23)25-19)18(24)21-15(16(20)22)12-7-3-2-4-8-12/h2-10,15H,11H2,1H3,(H2,20,22)(H,21,24). The van der Waals surface area contributed by atoms with Crippen molar-refractivity contribution in [2.45, 2.75) is 25.0 Å². The van der Waals surface area contributed by atoms with Crippen molar-refractivity contribution in [3.8, 4) is 0 Å². The van der Waals surface area contributed by atoms with Crippen molar-refractivity contribution >= 4 is 17.8 Å². The number of cyclic esters (lactones) is 1. The Morgan fingerprint density at radius 3 is 2.44 bits per heavy atom. The van der Waals surface area contributed by atoms with Gasteiger partial charge in [0.2, 0.25) is 5.91 Å². The maximum absolute atomic E-state index is 12.8. The van der Waals surface area contributed by atoms with Gasteiger partial charge in [-0.2, -0.15) is 0 Å². The minimum atomic E-state index is -1.41. The molecule has 2 amide bonds. The number of rotatable bonds is 4. The van der Waals surface area contributed by atoms with E-state index in [4.69, 9.17) is 10.5 Å². The summed E-state index contributed by atoms with van der Waals surface area (Å²) in [5, 5.41) is 2.60. The van der Waals surface area contributed by atoms with Crippen LogP contribution in [0.1, 0.15) is 34.5 Å². The van der Waals surface area contributed by atoms with E-state index in [-0.39, 0.29) is 6.42 Å². The highest BCUT2D eigenvalue weighted by atomic mass is 16.6. The lowest BCUT2D eigenvalue weighted by Gasteiger charge is -2.34. The van der Waals surface area contributed by atoms with Crippen molar-refractivity contribution < 1.29 is 19.1 Å². The molecule has 25 heavy (non-hydrogen) atoms. The fourth-order valence-electron chi connectivity index (χ4n) is 2.91. The van der Waals surface area contributed by atoms with E-state index in [1.54, 1.807) is 54.6 Å². The van der Waals surface area contributed by atoms with Gasteiger partial charge in [0.05, 0.1) is 5.56 Å². The molecular weight excluding hydrogens is 320 g/mol. The van der Waals surface area contributed by atoms with E-state index in [0.717, 1.165) is 5.56 Å². The van der Waals surface area contributed by atoms with Gasteiger partial charge in [0.1, 0.15) is 6.04 Å². The summed E-state index contributed by atoms with van der Waals surface area (Å²) in [4.78, 5) is 36.8. The molecule has 1 aliphatic rings. The van der Waals surface area contributed by atoms with Gasteiger partial charge < -0.3 is 15.8 Å². The molecule has 0 fully saturated rings. The van der Waals surface area contributed by atoms with Crippen LogP contribution in [0.5, 0.6) is 0 Å². The fraction of sp³-hybridized carbons (Fsp3) is 0.211. The van der Waals surface area contributed by atoms with Gasteiger partial charge >= 0.3 is 5.97 Å². The van der Waals surface area contributed by atoms with Crippen LogP contribution < -0.4 is 11.1 Å². The van der Waals surface area contributed by atoms with Crippen LogP contribution in [-0.2, 0) is 20.7 Å². The summed E-state index contributed by atoms with van der Waals surface area (Å²) in [5.41, 5.74) is 5.76. The highest BCUT2D eigenvalue weighted by Gasteiger charge is 2.43. The molecule has 6 nitrogen and oxygen atoms in total. The molecule has 2 unspecified atom stereocenters. The molecule has 0 bridgehead atoms. The summed E-state index contributed by atoms with van der Waals surface area (Å²) in [6.45, 7) is 1.53. The molecule has 6 heteroatoms. The van der Waals surface area contributed by atoms with Crippen molar-refractivity contribution in [2.75, 3.05) is 0 Å². The van der Waals surface area contributed by atoms with Crippen LogP contribution in [0.15, 0.2) is 54.6 Å². The molecule has 1 aliphatic heterocycles. The molecule has 0 saturated heterocycles. The molecule has 2 aromatic rings. The van der Waals surface area contributed by atoms with Gasteiger partial charge in [0, 0.05) is 6.42 Å². The molecule has 3 N–H and O–H groups in total. The van der Waals surface area contributed by atoms with Crippen molar-refractivity contribution in [1.82, 2.24) is 5.32 Å². The largest absolute Gasteiger partial charge is 0.445 e. The zero-order valence-corrected chi connectivity index (χ0v) is 13.7. The van der Waals surface area contributed by atoms with Gasteiger partial charge in [-0.25, -0.2) is 4.79 Å². The average Bonchev–Trinajstić information content (AvgIpc) is 2.59. The van der Waals surface area contributed by atoms with Gasteiger partial charge in [-0.3, -0.25) is 9.59 Å². The number of fused-ring (bicyclic) bond motifs is 1. The third-order valence-corrected chi connectivity index (χ3v) is 4.26. The van der Waals surface area contributed by atoms with Gasteiger partial charge in [0.25, 0.3) is 5.91 Å². The molecule has 0 aliphatic carbocycles. The van der Waals surface area contributed by atoms with Crippen LogP contribution >= 0.6 is 0 Å². The van der Waals surface area contributed by atoms with Crippen LogP contribution in [0.2, 0.25) is 0 Å². The van der Waals surface area contributed by atoms with E-state index >= 15 is 0 Å². The highest BCUT2D eigenvalue weighted by Crippen LogP contribution is 2.29. The Balaban J connectivity index is 1.85. The summed E-state index contributed by atoms with van der Waals surface area (Å²) in [6.07, 6.45) is 0.223. The molecule has 0 radical (unpaired) electrons. The molecule has 0 aromatic heterocycles. The van der Waals surface area contributed by atoms with Crippen LogP contribution in [0.25, 0.3) is 0 Å². The first-order valence-corrected chi connectivity index (χ1v) is 7.87. The Labute approximate surface area is 145 Å². The molecule has 128 valence electrons. The number of esters is 1. The van der Waals surface area contributed by atoms with Crippen LogP contribution in [0.3, 0.4) is 0 Å². The number of nitrogens with two attached hydrogens (primary N) is 1. The monoisotopic (exact) mass is 338 g/mol. The Morgan fingerprint density at radius 1 is 1.12 bits per heavy atom. The third-order valence-electron chi connectivity index (χ3n) is 4.26. The van der Waals surface area contributed by atoms with Crippen LogP contribution in [-0.4, -0.2) is 23.4 Å². The van der Waals surface area contributed by atoms with Crippen molar-refractivity contribution in [1.29, 1.82) is 0 Å². The Morgan fingerprint density at radius 2 is 1.76 bits per heavy atom. The zero-order valence-electron chi connectivity index (χ0n) is 13.7. The van der Waals surface area contributed by atoms with E-state index in [1.165, 1.54) is 6.92 Å². The predicted molar refractivity (Wildman–Crippen MR) is 90.5 cm³/mol. The number of hydrogen-bond acceptors (Lipinski definition) is 4. The highest BCUT2D eigenvalue weighted by molar-refractivity contribution is 5.98. The molecule has 2 aromatic carbocycles. The third kappa shape index (κ3) is 3.24. The zero-order chi connectivity index (χ0) is 18.0. The van der Waals surface area contributed by atoms with Crippen molar-refractivity contribution in [3.63, 3.8) is 0 Å². The van der Waals surface area contributed by atoms with Gasteiger partial charge in [-0.15, -0.1) is 0 Å². The Bertz CT molecular complexity index is 834. The first-order chi connectivity index (χ1) is 11.9. The molecule has 2 atom stereocenters. The summed E-state index contributed by atoms with van der Waals surface area (Å²) in [5.74, 6) is -1.82. The maximum Gasteiger partial charge on any atom is 0.339 e. The second-order valence-electron chi connectivity index (χ2n) is 6.17. The summed E-state index contributed by atoms with van der Waals surface area (Å²) < 4.78 is 5.38. The lowest BCUT2D eigenvalue weighted by molar-refractivity contribution is -0.142. The van der Waals surface area contributed by atoms with Gasteiger partial charge in [-0.1, -0.05) is 48.5 Å². The van der Waals surface area contributed by atoms with Crippen molar-refractivity contribution in [2.24, 2.45) is 5.73 Å². The maximum atomic E-state index is 12.8. The Kier molecular flexibility index (Phi) is 4.27. The second kappa shape index (κ2) is 6.39. The quantitative estimate of drug-likeness (QED) is 0.825. The minimum Gasteiger partial charge on any atom is -0.445 e. The van der Waals surface area contributed by atoms with Gasteiger partial charge in [-0.05, 0) is 24.1 Å². The minimum absolute atomic E-state index is 0.223. The fourth-order valence-corrected chi connectivity index (χ4v) is 2.91. The van der Waals surface area contributed by atoms with Gasteiger partial charge in [0.15, 0.2) is 5.60 Å². The molecule has 0 spiro atoms.